The fourth-order valence-electron chi connectivity index (χ4n) is 4.32. The summed E-state index contributed by atoms with van der Waals surface area (Å²) in [7, 11) is 0. The second-order valence-corrected chi connectivity index (χ2v) is 10.8. The van der Waals surface area contributed by atoms with Crippen LogP contribution in [0.4, 0.5) is 8.78 Å². The van der Waals surface area contributed by atoms with E-state index in [4.69, 9.17) is 9.47 Å². The van der Waals surface area contributed by atoms with E-state index in [-0.39, 0.29) is 31.4 Å². The monoisotopic (exact) mass is 575 g/mol. The molecule has 0 N–H and O–H groups in total. The summed E-state index contributed by atoms with van der Waals surface area (Å²) in [6, 6.07) is 9.46. The highest BCUT2D eigenvalue weighted by Gasteiger charge is 2.23. The lowest BCUT2D eigenvalue weighted by molar-refractivity contribution is -0.143. The first-order valence-corrected chi connectivity index (χ1v) is 14.9. The molecule has 39 heavy (non-hydrogen) atoms. The highest BCUT2D eigenvalue weighted by atomic mass is 32.2. The molecule has 0 saturated carbocycles. The van der Waals surface area contributed by atoms with Crippen molar-refractivity contribution in [3.63, 3.8) is 0 Å². The van der Waals surface area contributed by atoms with Crippen LogP contribution in [-0.2, 0) is 16.1 Å². The van der Waals surface area contributed by atoms with Crippen molar-refractivity contribution >= 4 is 35.0 Å². The lowest BCUT2D eigenvalue weighted by Gasteiger charge is -2.24. The van der Waals surface area contributed by atoms with Crippen molar-refractivity contribution in [2.45, 2.75) is 31.3 Å². The highest BCUT2D eigenvalue weighted by Crippen LogP contribution is 2.33. The van der Waals surface area contributed by atoms with Crippen molar-refractivity contribution in [2.24, 2.45) is 0 Å². The summed E-state index contributed by atoms with van der Waals surface area (Å²) in [5.74, 6) is -1.95. The van der Waals surface area contributed by atoms with E-state index >= 15 is 0 Å². The van der Waals surface area contributed by atoms with E-state index < -0.39 is 17.6 Å². The average molecular weight is 576 g/mol. The Hall–Kier alpha value is -3.02. The number of ether oxygens (including phenoxy) is 2. The van der Waals surface area contributed by atoms with Crippen LogP contribution >= 0.6 is 23.1 Å². The number of halogens is 2. The number of aromatic nitrogens is 1. The molecule has 11 heteroatoms. The SMILES string of the molecule is CCOC(=O)CN(CCN1CCCC1)C(=O)c1csc(COc2ccc(-c3cc(F)c(F)cc3SC)cc2)n1. The number of benzene rings is 2. The summed E-state index contributed by atoms with van der Waals surface area (Å²) in [5, 5.41) is 2.29. The maximum atomic E-state index is 13.8. The molecule has 1 amide bonds. The fraction of sp³-hybridized carbons (Fsp3) is 0.393. The van der Waals surface area contributed by atoms with E-state index in [1.807, 2.05) is 6.26 Å². The van der Waals surface area contributed by atoms with Gasteiger partial charge in [0.25, 0.3) is 5.91 Å². The standard InChI is InChI=1S/C28H31F2N3O4S2/c1-3-36-27(34)16-33(13-12-32-10-4-5-11-32)28(35)24-18-39-26(31-24)17-37-20-8-6-19(7-9-20)21-14-22(29)23(30)15-25(21)38-2/h6-9,14-15,18H,3-5,10-13,16-17H2,1-2H3. The highest BCUT2D eigenvalue weighted by molar-refractivity contribution is 7.98. The number of thioether (sulfide) groups is 1. The molecule has 2 heterocycles. The normalized spacial score (nSPS) is 13.4. The number of amides is 1. The maximum absolute atomic E-state index is 13.8. The number of carbonyl (C=O) groups excluding carboxylic acids is 2. The van der Waals surface area contributed by atoms with Crippen LogP contribution in [0.2, 0.25) is 0 Å². The number of hydrogen-bond acceptors (Lipinski definition) is 8. The zero-order chi connectivity index (χ0) is 27.8. The van der Waals surface area contributed by atoms with Gasteiger partial charge in [-0.3, -0.25) is 9.59 Å². The minimum absolute atomic E-state index is 0.119. The number of hydrogen-bond donors (Lipinski definition) is 0. The molecule has 208 valence electrons. The number of rotatable bonds is 12. The second-order valence-electron chi connectivity index (χ2n) is 8.99. The van der Waals surface area contributed by atoms with Crippen LogP contribution in [0.25, 0.3) is 11.1 Å². The summed E-state index contributed by atoms with van der Waals surface area (Å²) in [4.78, 5) is 34.2. The Labute approximate surface area is 235 Å². The molecule has 4 rings (SSSR count). The van der Waals surface area contributed by atoms with Gasteiger partial charge in [-0.2, -0.15) is 0 Å². The molecule has 1 aromatic heterocycles. The number of nitrogens with zero attached hydrogens (tertiary/aromatic N) is 3. The fourth-order valence-corrected chi connectivity index (χ4v) is 5.62. The van der Waals surface area contributed by atoms with Gasteiger partial charge in [-0.1, -0.05) is 12.1 Å². The average Bonchev–Trinajstić information content (AvgIpc) is 3.64. The molecule has 1 aliphatic heterocycles. The van der Waals surface area contributed by atoms with E-state index in [2.05, 4.69) is 9.88 Å². The van der Waals surface area contributed by atoms with Gasteiger partial charge >= 0.3 is 5.97 Å². The molecule has 1 fully saturated rings. The molecule has 0 spiro atoms. The van der Waals surface area contributed by atoms with E-state index in [1.54, 1.807) is 36.6 Å². The summed E-state index contributed by atoms with van der Waals surface area (Å²) in [6.07, 6.45) is 4.10. The van der Waals surface area contributed by atoms with Crippen molar-refractivity contribution < 1.29 is 27.8 Å². The zero-order valence-corrected chi connectivity index (χ0v) is 23.6. The first-order chi connectivity index (χ1) is 18.9. The Morgan fingerprint density at radius 1 is 1.13 bits per heavy atom. The van der Waals surface area contributed by atoms with Gasteiger partial charge in [0.1, 0.15) is 29.6 Å². The van der Waals surface area contributed by atoms with Gasteiger partial charge in [0.15, 0.2) is 11.6 Å². The van der Waals surface area contributed by atoms with E-state index in [1.165, 1.54) is 40.1 Å². The molecule has 0 radical (unpaired) electrons. The van der Waals surface area contributed by atoms with Gasteiger partial charge in [0.2, 0.25) is 0 Å². The van der Waals surface area contributed by atoms with Crippen LogP contribution in [-0.4, -0.2) is 72.2 Å². The molecule has 7 nitrogen and oxygen atoms in total. The third kappa shape index (κ3) is 7.77. The smallest absolute Gasteiger partial charge is 0.325 e. The number of esters is 1. The van der Waals surface area contributed by atoms with Crippen LogP contribution in [0.5, 0.6) is 5.75 Å². The lowest BCUT2D eigenvalue weighted by atomic mass is 10.1. The number of likely N-dealkylation sites (tertiary alicyclic amines) is 1. The van der Waals surface area contributed by atoms with Gasteiger partial charge in [-0.25, -0.2) is 13.8 Å². The van der Waals surface area contributed by atoms with Crippen LogP contribution in [0.15, 0.2) is 46.7 Å². The first kappa shape index (κ1) is 29.0. The van der Waals surface area contributed by atoms with E-state index in [0.29, 0.717) is 34.3 Å². The Bertz CT molecular complexity index is 1280. The van der Waals surface area contributed by atoms with Crippen LogP contribution in [0, 0.1) is 11.6 Å². The molecular weight excluding hydrogens is 544 g/mol. The Balaban J connectivity index is 1.38. The van der Waals surface area contributed by atoms with Crippen molar-refractivity contribution in [3.05, 3.63) is 64.1 Å². The Morgan fingerprint density at radius 2 is 1.85 bits per heavy atom. The summed E-state index contributed by atoms with van der Waals surface area (Å²) >= 11 is 2.65. The number of thiazole rings is 1. The minimum atomic E-state index is -0.894. The van der Waals surface area contributed by atoms with Gasteiger partial charge in [0.05, 0.1) is 6.61 Å². The summed E-state index contributed by atoms with van der Waals surface area (Å²) < 4.78 is 38.3. The molecule has 0 bridgehead atoms. The lowest BCUT2D eigenvalue weighted by Crippen LogP contribution is -2.41. The van der Waals surface area contributed by atoms with E-state index in [0.717, 1.165) is 31.5 Å². The van der Waals surface area contributed by atoms with Crippen LogP contribution < -0.4 is 4.74 Å². The largest absolute Gasteiger partial charge is 0.486 e. The van der Waals surface area contributed by atoms with Gasteiger partial charge in [-0.05, 0) is 74.5 Å². The van der Waals surface area contributed by atoms with Crippen LogP contribution in [0.3, 0.4) is 0 Å². The third-order valence-electron chi connectivity index (χ3n) is 6.34. The molecule has 1 aliphatic rings. The minimum Gasteiger partial charge on any atom is -0.486 e. The predicted molar refractivity (Wildman–Crippen MR) is 148 cm³/mol. The van der Waals surface area contributed by atoms with Gasteiger partial charge < -0.3 is 19.3 Å². The van der Waals surface area contributed by atoms with Crippen molar-refractivity contribution in [1.82, 2.24) is 14.8 Å². The van der Waals surface area contributed by atoms with Crippen molar-refractivity contribution in [1.29, 1.82) is 0 Å². The topological polar surface area (TPSA) is 72.0 Å². The third-order valence-corrected chi connectivity index (χ3v) is 7.94. The molecule has 0 unspecified atom stereocenters. The van der Waals surface area contributed by atoms with Gasteiger partial charge in [-0.15, -0.1) is 23.1 Å². The first-order valence-electron chi connectivity index (χ1n) is 12.8. The van der Waals surface area contributed by atoms with Crippen molar-refractivity contribution in [3.8, 4) is 16.9 Å². The van der Waals surface area contributed by atoms with Gasteiger partial charge in [0, 0.05) is 23.4 Å². The maximum Gasteiger partial charge on any atom is 0.325 e. The summed E-state index contributed by atoms with van der Waals surface area (Å²) in [5.41, 5.74) is 1.61. The quantitative estimate of drug-likeness (QED) is 0.209. The zero-order valence-electron chi connectivity index (χ0n) is 22.0. The molecule has 0 aliphatic carbocycles. The second kappa shape index (κ2) is 13.9. The summed E-state index contributed by atoms with van der Waals surface area (Å²) in [6.45, 7) is 5.15. The predicted octanol–water partition coefficient (Wildman–Crippen LogP) is 5.49. The molecular formula is C28H31F2N3O4S2. The van der Waals surface area contributed by atoms with E-state index in [9.17, 15) is 18.4 Å². The molecule has 0 atom stereocenters. The number of carbonyl (C=O) groups is 2. The Morgan fingerprint density at radius 3 is 2.54 bits per heavy atom. The molecule has 3 aromatic rings. The molecule has 2 aromatic carbocycles. The van der Waals surface area contributed by atoms with Crippen LogP contribution in [0.1, 0.15) is 35.3 Å². The van der Waals surface area contributed by atoms with Crippen molar-refractivity contribution in [2.75, 3.05) is 45.6 Å². The molecule has 1 saturated heterocycles. The Kier molecular flexibility index (Phi) is 10.3.